The maximum Gasteiger partial charge on any atom is 0.256 e. The maximum absolute atomic E-state index is 12.1. The van der Waals surface area contributed by atoms with Crippen LogP contribution in [-0.4, -0.2) is 13.0 Å². The minimum Gasteiger partial charge on any atom is -0.495 e. The molecule has 7 heteroatoms. The molecule has 1 amide bonds. The van der Waals surface area contributed by atoms with Crippen molar-refractivity contribution in [1.82, 2.24) is 0 Å². The van der Waals surface area contributed by atoms with Gasteiger partial charge in [-0.05, 0) is 66.6 Å². The number of rotatable bonds is 3. The Morgan fingerprint density at radius 1 is 1.32 bits per heavy atom. The van der Waals surface area contributed by atoms with Crippen molar-refractivity contribution in [3.63, 3.8) is 0 Å². The average Bonchev–Trinajstić information content (AvgIpc) is 2.79. The van der Waals surface area contributed by atoms with E-state index in [1.165, 1.54) is 11.3 Å². The first-order valence-corrected chi connectivity index (χ1v) is 8.64. The lowest BCUT2D eigenvalue weighted by Gasteiger charge is -2.10. The summed E-state index contributed by atoms with van der Waals surface area (Å²) >= 11 is 10.5. The van der Waals surface area contributed by atoms with Crippen LogP contribution in [0, 0.1) is 2.88 Å². The Kier molecular flexibility index (Phi) is 5.27. The van der Waals surface area contributed by atoms with Crippen LogP contribution >= 0.6 is 65.8 Å². The molecule has 0 spiro atoms. The van der Waals surface area contributed by atoms with Gasteiger partial charge in [-0.2, -0.15) is 0 Å². The molecule has 1 heterocycles. The van der Waals surface area contributed by atoms with Crippen molar-refractivity contribution in [3.05, 3.63) is 41.0 Å². The number of hydrogen-bond donors (Lipinski definition) is 1. The fourth-order valence-electron chi connectivity index (χ4n) is 1.40. The molecule has 0 aliphatic rings. The van der Waals surface area contributed by atoms with E-state index in [1.54, 1.807) is 13.2 Å². The van der Waals surface area contributed by atoms with E-state index in [0.29, 0.717) is 17.0 Å². The second-order valence-corrected chi connectivity index (χ2v) is 8.07. The van der Waals surface area contributed by atoms with E-state index in [1.807, 2.05) is 17.5 Å². The first kappa shape index (κ1) is 15.3. The summed E-state index contributed by atoms with van der Waals surface area (Å²) in [5.74, 6) is 0.530. The molecule has 100 valence electrons. The molecule has 0 unspecified atom stereocenters. The third-order valence-electron chi connectivity index (χ3n) is 2.32. The van der Waals surface area contributed by atoms with Crippen LogP contribution in [-0.2, 0) is 0 Å². The van der Waals surface area contributed by atoms with Gasteiger partial charge in [-0.15, -0.1) is 11.3 Å². The van der Waals surface area contributed by atoms with Crippen molar-refractivity contribution >= 4 is 77.4 Å². The van der Waals surface area contributed by atoms with Gasteiger partial charge in [0.15, 0.2) is 0 Å². The molecule has 0 bridgehead atoms. The van der Waals surface area contributed by atoms with E-state index in [0.717, 1.165) is 11.8 Å². The molecular weight excluding hydrogens is 509 g/mol. The lowest BCUT2D eigenvalue weighted by molar-refractivity contribution is 0.102. The Bertz CT molecular complexity index is 630. The summed E-state index contributed by atoms with van der Waals surface area (Å²) in [6.45, 7) is 0. The lowest BCUT2D eigenvalue weighted by Crippen LogP contribution is -2.11. The summed E-state index contributed by atoms with van der Waals surface area (Å²) in [5, 5.41) is 4.69. The zero-order chi connectivity index (χ0) is 14.0. The number of carbonyl (C=O) groups is 1. The molecule has 0 aliphatic carbocycles. The number of anilines is 1. The van der Waals surface area contributed by atoms with Crippen LogP contribution in [0.2, 0.25) is 0 Å². The minimum absolute atomic E-state index is 0.135. The van der Waals surface area contributed by atoms with Gasteiger partial charge >= 0.3 is 0 Å². The summed E-state index contributed by atoms with van der Waals surface area (Å²) in [5.41, 5.74) is 1.33. The molecule has 0 radical (unpaired) electrons. The van der Waals surface area contributed by atoms with Crippen LogP contribution in [0.1, 0.15) is 10.4 Å². The average molecular weight is 517 g/mol. The van der Waals surface area contributed by atoms with Gasteiger partial charge in [0.25, 0.3) is 5.91 Å². The smallest absolute Gasteiger partial charge is 0.256 e. The summed E-state index contributed by atoms with van der Waals surface area (Å²) in [6, 6.07) is 5.46. The summed E-state index contributed by atoms with van der Waals surface area (Å²) < 4.78 is 7.91. The van der Waals surface area contributed by atoms with Crippen molar-refractivity contribution in [2.45, 2.75) is 0 Å². The molecule has 0 saturated carbocycles. The van der Waals surface area contributed by atoms with Crippen molar-refractivity contribution in [2.75, 3.05) is 12.4 Å². The van der Waals surface area contributed by atoms with E-state index >= 15 is 0 Å². The number of hydrogen-bond acceptors (Lipinski definition) is 3. The number of benzene rings is 1. The van der Waals surface area contributed by atoms with E-state index in [-0.39, 0.29) is 5.91 Å². The number of nitrogens with one attached hydrogen (secondary N) is 1. The number of amides is 1. The molecule has 1 N–H and O–H groups in total. The Morgan fingerprint density at radius 2 is 2.05 bits per heavy atom. The standard InChI is InChI=1S/C12H8Br2INO2S/c1-18-10-4-9(7(13)3-8(10)14)16-12(17)6-2-11(15)19-5-6/h2-5H,1H3,(H,16,17). The zero-order valence-electron chi connectivity index (χ0n) is 9.67. The molecule has 19 heavy (non-hydrogen) atoms. The van der Waals surface area contributed by atoms with Crippen molar-refractivity contribution < 1.29 is 9.53 Å². The lowest BCUT2D eigenvalue weighted by atomic mass is 10.2. The second-order valence-electron chi connectivity index (χ2n) is 3.56. The van der Waals surface area contributed by atoms with Crippen molar-refractivity contribution in [1.29, 1.82) is 0 Å². The highest BCUT2D eigenvalue weighted by molar-refractivity contribution is 14.1. The van der Waals surface area contributed by atoms with Crippen LogP contribution < -0.4 is 10.1 Å². The van der Waals surface area contributed by atoms with E-state index in [4.69, 9.17) is 4.74 Å². The monoisotopic (exact) mass is 515 g/mol. The fourth-order valence-corrected chi connectivity index (χ4v) is 3.99. The fraction of sp³-hybridized carbons (Fsp3) is 0.0833. The summed E-state index contributed by atoms with van der Waals surface area (Å²) in [4.78, 5) is 12.1. The van der Waals surface area contributed by atoms with Crippen LogP contribution in [0.4, 0.5) is 5.69 Å². The first-order chi connectivity index (χ1) is 9.01. The Labute approximate surface area is 145 Å². The molecule has 0 atom stereocenters. The molecule has 3 nitrogen and oxygen atoms in total. The molecule has 0 saturated heterocycles. The summed E-state index contributed by atoms with van der Waals surface area (Å²) in [6.07, 6.45) is 0. The molecule has 2 aromatic rings. The van der Waals surface area contributed by atoms with Crippen molar-refractivity contribution in [3.8, 4) is 5.75 Å². The largest absolute Gasteiger partial charge is 0.495 e. The van der Waals surface area contributed by atoms with Gasteiger partial charge < -0.3 is 10.1 Å². The van der Waals surface area contributed by atoms with Gasteiger partial charge in [-0.25, -0.2) is 0 Å². The molecule has 0 aliphatic heterocycles. The van der Waals surface area contributed by atoms with E-state index in [9.17, 15) is 4.79 Å². The quantitative estimate of drug-likeness (QED) is 0.574. The highest BCUT2D eigenvalue weighted by atomic mass is 127. The number of ether oxygens (including phenoxy) is 1. The van der Waals surface area contributed by atoms with Crippen molar-refractivity contribution in [2.24, 2.45) is 0 Å². The number of thiophene rings is 1. The molecule has 1 aromatic carbocycles. The van der Waals surface area contributed by atoms with Gasteiger partial charge in [0.2, 0.25) is 0 Å². The third kappa shape index (κ3) is 3.71. The third-order valence-corrected chi connectivity index (χ3v) is 5.38. The maximum atomic E-state index is 12.1. The Morgan fingerprint density at radius 3 is 2.63 bits per heavy atom. The zero-order valence-corrected chi connectivity index (χ0v) is 15.8. The van der Waals surface area contributed by atoms with Crippen LogP contribution in [0.5, 0.6) is 5.75 Å². The molecule has 1 aromatic heterocycles. The number of methoxy groups -OCH3 is 1. The van der Waals surface area contributed by atoms with Gasteiger partial charge in [0, 0.05) is 15.9 Å². The van der Waals surface area contributed by atoms with Gasteiger partial charge in [-0.1, -0.05) is 0 Å². The molecule has 0 fully saturated rings. The van der Waals surface area contributed by atoms with Gasteiger partial charge in [-0.3, -0.25) is 4.79 Å². The van der Waals surface area contributed by atoms with E-state index < -0.39 is 0 Å². The van der Waals surface area contributed by atoms with Gasteiger partial charge in [0.05, 0.1) is 25.7 Å². The van der Waals surface area contributed by atoms with Crippen LogP contribution in [0.25, 0.3) is 0 Å². The Hall–Kier alpha value is -0.120. The SMILES string of the molecule is COc1cc(NC(=O)c2csc(I)c2)c(Br)cc1Br. The second kappa shape index (κ2) is 6.55. The predicted octanol–water partition coefficient (Wildman–Crippen LogP) is 5.14. The topological polar surface area (TPSA) is 38.3 Å². The number of carbonyl (C=O) groups excluding carboxylic acids is 1. The van der Waals surface area contributed by atoms with Crippen LogP contribution in [0.15, 0.2) is 32.5 Å². The summed E-state index contributed by atoms with van der Waals surface area (Å²) in [7, 11) is 1.58. The highest BCUT2D eigenvalue weighted by Gasteiger charge is 2.12. The van der Waals surface area contributed by atoms with Crippen LogP contribution in [0.3, 0.4) is 0 Å². The Balaban J connectivity index is 2.26. The minimum atomic E-state index is -0.135. The normalized spacial score (nSPS) is 10.3. The molecule has 2 rings (SSSR count). The predicted molar refractivity (Wildman–Crippen MR) is 93.4 cm³/mol. The van der Waals surface area contributed by atoms with E-state index in [2.05, 4.69) is 59.8 Å². The first-order valence-electron chi connectivity index (χ1n) is 5.09. The number of halogens is 3. The molecular formula is C12H8Br2INO2S. The highest BCUT2D eigenvalue weighted by Crippen LogP contribution is 2.34. The van der Waals surface area contributed by atoms with Gasteiger partial charge in [0.1, 0.15) is 5.75 Å².